The minimum Gasteiger partial charge on any atom is -0.497 e. The van der Waals surface area contributed by atoms with Crippen LogP contribution in [0.25, 0.3) is 0 Å². The van der Waals surface area contributed by atoms with Gasteiger partial charge < -0.3 is 21.1 Å². The van der Waals surface area contributed by atoms with Gasteiger partial charge >= 0.3 is 0 Å². The van der Waals surface area contributed by atoms with Crippen molar-refractivity contribution in [3.8, 4) is 0 Å². The van der Waals surface area contributed by atoms with Gasteiger partial charge in [-0.15, -0.1) is 0 Å². The van der Waals surface area contributed by atoms with Gasteiger partial charge in [0.25, 0.3) is 0 Å². The Kier molecular flexibility index (Phi) is 4.88. The number of nitrogens with one attached hydrogen (secondary N) is 2. The van der Waals surface area contributed by atoms with Crippen molar-refractivity contribution in [3.05, 3.63) is 59.3 Å². The lowest BCUT2D eigenvalue weighted by molar-refractivity contribution is 0.303. The Hall–Kier alpha value is -3.02. The lowest BCUT2D eigenvalue weighted by atomic mass is 10.1. The number of aromatic nitrogens is 2. The third-order valence-electron chi connectivity index (χ3n) is 4.20. The zero-order valence-electron chi connectivity index (χ0n) is 14.8. The normalized spacial score (nSPS) is 13.7. The smallest absolute Gasteiger partial charge is 0.135 e. The summed E-state index contributed by atoms with van der Waals surface area (Å²) in [4.78, 5) is 8.56. The van der Waals surface area contributed by atoms with Crippen LogP contribution in [0.1, 0.15) is 24.0 Å². The molecule has 0 unspecified atom stereocenters. The van der Waals surface area contributed by atoms with E-state index in [1.165, 1.54) is 17.5 Å². The van der Waals surface area contributed by atoms with Gasteiger partial charge in [-0.2, -0.15) is 0 Å². The SMILES string of the molecule is COC1=CCCC(Nc2cc(Nc3cc(C)c(C)cc3N)ncn2)=C1. The number of methoxy groups -OCH3 is 1. The van der Waals surface area contributed by atoms with Crippen molar-refractivity contribution >= 4 is 23.0 Å². The molecule has 25 heavy (non-hydrogen) atoms. The molecule has 6 nitrogen and oxygen atoms in total. The minimum atomic E-state index is 0.686. The Bertz CT molecular complexity index is 842. The highest BCUT2D eigenvalue weighted by atomic mass is 16.5. The molecule has 4 N–H and O–H groups in total. The van der Waals surface area contributed by atoms with Crippen LogP contribution in [-0.4, -0.2) is 17.1 Å². The summed E-state index contributed by atoms with van der Waals surface area (Å²) in [5, 5.41) is 6.59. The largest absolute Gasteiger partial charge is 0.497 e. The predicted octanol–water partition coefficient (Wildman–Crippen LogP) is 4.04. The predicted molar refractivity (Wildman–Crippen MR) is 102 cm³/mol. The van der Waals surface area contributed by atoms with Gasteiger partial charge in [0.2, 0.25) is 0 Å². The van der Waals surface area contributed by atoms with Gasteiger partial charge in [0, 0.05) is 11.8 Å². The maximum atomic E-state index is 6.11. The molecule has 0 spiro atoms. The monoisotopic (exact) mass is 337 g/mol. The van der Waals surface area contributed by atoms with E-state index < -0.39 is 0 Å². The minimum absolute atomic E-state index is 0.686. The first-order valence-electron chi connectivity index (χ1n) is 8.22. The number of nitrogens with zero attached hydrogens (tertiary/aromatic N) is 2. The van der Waals surface area contributed by atoms with Crippen molar-refractivity contribution in [2.45, 2.75) is 26.7 Å². The average molecular weight is 337 g/mol. The molecule has 0 aliphatic heterocycles. The van der Waals surface area contributed by atoms with Crippen molar-refractivity contribution in [2.24, 2.45) is 0 Å². The number of anilines is 4. The summed E-state index contributed by atoms with van der Waals surface area (Å²) in [6.45, 7) is 4.10. The van der Waals surface area contributed by atoms with Crippen LogP contribution in [0.2, 0.25) is 0 Å². The van der Waals surface area contributed by atoms with Crippen LogP contribution in [0.5, 0.6) is 0 Å². The molecule has 1 heterocycles. The van der Waals surface area contributed by atoms with Crippen LogP contribution in [0.15, 0.2) is 48.1 Å². The van der Waals surface area contributed by atoms with Crippen molar-refractivity contribution in [3.63, 3.8) is 0 Å². The number of ether oxygens (including phenoxy) is 1. The summed E-state index contributed by atoms with van der Waals surface area (Å²) in [5.74, 6) is 2.28. The fourth-order valence-electron chi connectivity index (χ4n) is 2.66. The summed E-state index contributed by atoms with van der Waals surface area (Å²) >= 11 is 0. The molecule has 0 fully saturated rings. The molecule has 0 radical (unpaired) electrons. The summed E-state index contributed by atoms with van der Waals surface area (Å²) in [6.07, 6.45) is 7.44. The Morgan fingerprint density at radius 1 is 1.04 bits per heavy atom. The van der Waals surface area contributed by atoms with E-state index in [4.69, 9.17) is 10.5 Å². The van der Waals surface area contributed by atoms with Crippen LogP contribution in [0.4, 0.5) is 23.0 Å². The first-order chi connectivity index (χ1) is 12.0. The van der Waals surface area contributed by atoms with E-state index in [1.807, 2.05) is 31.2 Å². The van der Waals surface area contributed by atoms with Crippen molar-refractivity contribution in [2.75, 3.05) is 23.5 Å². The number of rotatable bonds is 5. The van der Waals surface area contributed by atoms with Gasteiger partial charge in [-0.05, 0) is 62.1 Å². The number of benzene rings is 1. The quantitative estimate of drug-likeness (QED) is 0.714. The number of hydrogen-bond donors (Lipinski definition) is 3. The molecule has 1 aliphatic carbocycles. The summed E-state index contributed by atoms with van der Waals surface area (Å²) in [5.41, 5.74) is 11.0. The summed E-state index contributed by atoms with van der Waals surface area (Å²) in [7, 11) is 1.67. The molecule has 1 aromatic carbocycles. The molecular weight excluding hydrogens is 314 g/mol. The van der Waals surface area contributed by atoms with E-state index in [9.17, 15) is 0 Å². The lowest BCUT2D eigenvalue weighted by Gasteiger charge is -2.15. The van der Waals surface area contributed by atoms with Crippen LogP contribution < -0.4 is 16.4 Å². The zero-order chi connectivity index (χ0) is 17.8. The highest BCUT2D eigenvalue weighted by molar-refractivity contribution is 5.73. The lowest BCUT2D eigenvalue weighted by Crippen LogP contribution is -2.06. The van der Waals surface area contributed by atoms with Gasteiger partial charge in [-0.3, -0.25) is 0 Å². The Balaban J connectivity index is 1.77. The summed E-state index contributed by atoms with van der Waals surface area (Å²) in [6, 6.07) is 5.85. The van der Waals surface area contributed by atoms with Crippen LogP contribution in [-0.2, 0) is 4.74 Å². The van der Waals surface area contributed by atoms with Gasteiger partial charge in [0.15, 0.2) is 0 Å². The number of nitrogens with two attached hydrogens (primary N) is 1. The Morgan fingerprint density at radius 3 is 2.52 bits per heavy atom. The molecular formula is C19H23N5O. The molecule has 1 aliphatic rings. The molecule has 6 heteroatoms. The van der Waals surface area contributed by atoms with E-state index >= 15 is 0 Å². The fourth-order valence-corrected chi connectivity index (χ4v) is 2.66. The topological polar surface area (TPSA) is 85.1 Å². The number of nitrogen functional groups attached to an aromatic ring is 1. The van der Waals surface area contributed by atoms with E-state index in [2.05, 4.69) is 33.6 Å². The molecule has 0 amide bonds. The van der Waals surface area contributed by atoms with Crippen molar-refractivity contribution in [1.82, 2.24) is 9.97 Å². The molecule has 2 aromatic rings. The third-order valence-corrected chi connectivity index (χ3v) is 4.20. The second-order valence-electron chi connectivity index (χ2n) is 6.08. The van der Waals surface area contributed by atoms with Crippen LogP contribution >= 0.6 is 0 Å². The molecule has 1 aromatic heterocycles. The zero-order valence-corrected chi connectivity index (χ0v) is 14.8. The van der Waals surface area contributed by atoms with E-state index in [1.54, 1.807) is 7.11 Å². The van der Waals surface area contributed by atoms with Crippen LogP contribution in [0.3, 0.4) is 0 Å². The van der Waals surface area contributed by atoms with Gasteiger partial charge in [0.05, 0.1) is 18.5 Å². The number of aryl methyl sites for hydroxylation is 2. The van der Waals surface area contributed by atoms with Gasteiger partial charge in [0.1, 0.15) is 23.7 Å². The maximum Gasteiger partial charge on any atom is 0.135 e. The average Bonchev–Trinajstić information content (AvgIpc) is 2.60. The molecule has 0 bridgehead atoms. The Labute approximate surface area is 147 Å². The van der Waals surface area contributed by atoms with Gasteiger partial charge in [-0.1, -0.05) is 0 Å². The Morgan fingerprint density at radius 2 is 1.76 bits per heavy atom. The van der Waals surface area contributed by atoms with Crippen molar-refractivity contribution < 1.29 is 4.74 Å². The molecule has 0 atom stereocenters. The highest BCUT2D eigenvalue weighted by Crippen LogP contribution is 2.27. The number of hydrogen-bond acceptors (Lipinski definition) is 6. The second kappa shape index (κ2) is 7.25. The maximum absolute atomic E-state index is 6.11. The molecule has 130 valence electrons. The fraction of sp³-hybridized carbons (Fsp3) is 0.263. The van der Waals surface area contributed by atoms with Crippen LogP contribution in [0, 0.1) is 13.8 Å². The standard InChI is InChI=1S/C19H23N5O/c1-12-7-16(20)17(8-13(12)2)24-19-10-18(21-11-22-19)23-14-5-4-6-15(9-14)25-3/h6-11H,4-5,20H2,1-3H3,(H2,21,22,23,24). The van der Waals surface area contributed by atoms with Gasteiger partial charge in [-0.25, -0.2) is 9.97 Å². The first kappa shape index (κ1) is 16.8. The summed E-state index contributed by atoms with van der Waals surface area (Å²) < 4.78 is 5.28. The van der Waals surface area contributed by atoms with E-state index in [0.29, 0.717) is 11.5 Å². The van der Waals surface area contributed by atoms with E-state index in [0.717, 1.165) is 35.8 Å². The van der Waals surface area contributed by atoms with E-state index in [-0.39, 0.29) is 0 Å². The molecule has 0 saturated carbocycles. The first-order valence-corrected chi connectivity index (χ1v) is 8.22. The second-order valence-corrected chi connectivity index (χ2v) is 6.08. The highest BCUT2D eigenvalue weighted by Gasteiger charge is 2.08. The molecule has 3 rings (SSSR count). The third kappa shape index (κ3) is 4.09. The number of allylic oxidation sites excluding steroid dienone is 3. The molecule has 0 saturated heterocycles. The van der Waals surface area contributed by atoms with Crippen molar-refractivity contribution in [1.29, 1.82) is 0 Å².